The molecule has 1 aromatic rings. The molecule has 0 aliphatic heterocycles. The zero-order valence-corrected chi connectivity index (χ0v) is 21.6. The summed E-state index contributed by atoms with van der Waals surface area (Å²) >= 11 is 0. The lowest BCUT2D eigenvalue weighted by Gasteiger charge is -2.61. The molecule has 8 unspecified atom stereocenters. The van der Waals surface area contributed by atoms with Gasteiger partial charge in [-0.3, -0.25) is 0 Å². The zero-order chi connectivity index (χ0) is 24.7. The molecule has 0 amide bonds. The van der Waals surface area contributed by atoms with Gasteiger partial charge in [-0.05, 0) is 129 Å². The molecule has 0 radical (unpaired) electrons. The van der Waals surface area contributed by atoms with Crippen molar-refractivity contribution in [1.29, 1.82) is 0 Å². The molecule has 0 heterocycles. The summed E-state index contributed by atoms with van der Waals surface area (Å²) < 4.78 is 53.9. The van der Waals surface area contributed by atoms with Crippen LogP contribution in [0.15, 0.2) is 24.3 Å². The first-order valence-corrected chi connectivity index (χ1v) is 13.9. The van der Waals surface area contributed by atoms with Gasteiger partial charge in [0.15, 0.2) is 0 Å². The lowest BCUT2D eigenvalue weighted by Crippen LogP contribution is -2.54. The van der Waals surface area contributed by atoms with Gasteiger partial charge >= 0.3 is 6.18 Å². The highest BCUT2D eigenvalue weighted by Gasteiger charge is 2.61. The van der Waals surface area contributed by atoms with Crippen molar-refractivity contribution in [2.24, 2.45) is 46.3 Å². The van der Waals surface area contributed by atoms with E-state index in [1.807, 2.05) is 26.0 Å². The van der Waals surface area contributed by atoms with E-state index in [-0.39, 0.29) is 17.2 Å². The second kappa shape index (κ2) is 9.77. The average molecular weight is 481 g/mol. The summed E-state index contributed by atoms with van der Waals surface area (Å²) in [5, 5.41) is 0. The molecular formula is C30H44F4. The van der Waals surface area contributed by atoms with Gasteiger partial charge in [-0.2, -0.15) is 13.2 Å². The molecule has 0 bridgehead atoms. The Hall–Kier alpha value is -1.06. The first-order valence-electron chi connectivity index (χ1n) is 13.9. The normalized spacial score (nSPS) is 41.5. The van der Waals surface area contributed by atoms with Crippen molar-refractivity contribution in [2.75, 3.05) is 0 Å². The summed E-state index contributed by atoms with van der Waals surface area (Å²) in [6, 6.07) is 7.03. The minimum Gasteiger partial charge on any atom is -0.207 e. The summed E-state index contributed by atoms with van der Waals surface area (Å²) in [6.07, 6.45) is 6.57. The molecule has 192 valence electrons. The maximum Gasteiger partial charge on any atom is 0.391 e. The lowest BCUT2D eigenvalue weighted by atomic mass is 9.44. The highest BCUT2D eigenvalue weighted by molar-refractivity contribution is 5.17. The third-order valence-electron chi connectivity index (χ3n) is 11.0. The van der Waals surface area contributed by atoms with Crippen molar-refractivity contribution < 1.29 is 17.6 Å². The summed E-state index contributed by atoms with van der Waals surface area (Å²) in [5.74, 6) is 1.72. The monoisotopic (exact) mass is 480 g/mol. The summed E-state index contributed by atoms with van der Waals surface area (Å²) in [4.78, 5) is 0. The fraction of sp³-hybridized carbons (Fsp3) is 0.800. The SMILES string of the molecule is CC.CC12CCC3C(CCC4CC(C(F)(F)F)CCC43C)C1CCC2CCc1cccc(F)c1. The van der Waals surface area contributed by atoms with Crippen molar-refractivity contribution in [3.63, 3.8) is 0 Å². The molecule has 0 aromatic heterocycles. The lowest BCUT2D eigenvalue weighted by molar-refractivity contribution is -0.208. The molecular weight excluding hydrogens is 436 g/mol. The van der Waals surface area contributed by atoms with Crippen molar-refractivity contribution in [1.82, 2.24) is 0 Å². The number of halogens is 4. The number of rotatable bonds is 3. The van der Waals surface area contributed by atoms with Crippen LogP contribution in [-0.2, 0) is 6.42 Å². The molecule has 4 aliphatic carbocycles. The smallest absolute Gasteiger partial charge is 0.207 e. The minimum absolute atomic E-state index is 0.103. The van der Waals surface area contributed by atoms with E-state index in [9.17, 15) is 17.6 Å². The van der Waals surface area contributed by atoms with E-state index >= 15 is 0 Å². The molecule has 0 saturated heterocycles. The van der Waals surface area contributed by atoms with Crippen LogP contribution in [-0.4, -0.2) is 6.18 Å². The van der Waals surface area contributed by atoms with Gasteiger partial charge in [-0.1, -0.05) is 39.8 Å². The molecule has 0 N–H and O–H groups in total. The Morgan fingerprint density at radius 2 is 1.59 bits per heavy atom. The largest absolute Gasteiger partial charge is 0.391 e. The van der Waals surface area contributed by atoms with Crippen LogP contribution in [0.1, 0.15) is 97.5 Å². The van der Waals surface area contributed by atoms with Gasteiger partial charge in [0.25, 0.3) is 0 Å². The van der Waals surface area contributed by atoms with Crippen LogP contribution in [0.3, 0.4) is 0 Å². The van der Waals surface area contributed by atoms with Crippen LogP contribution in [0.5, 0.6) is 0 Å². The molecule has 0 nitrogen and oxygen atoms in total. The van der Waals surface area contributed by atoms with E-state index < -0.39 is 12.1 Å². The first-order chi connectivity index (χ1) is 16.1. The maximum atomic E-state index is 13.6. The Bertz CT molecular complexity index is 831. The molecule has 34 heavy (non-hydrogen) atoms. The molecule has 5 rings (SSSR count). The van der Waals surface area contributed by atoms with E-state index in [1.165, 1.54) is 31.7 Å². The quantitative estimate of drug-likeness (QED) is 0.378. The molecule has 0 spiro atoms. The van der Waals surface area contributed by atoms with Gasteiger partial charge in [0.05, 0.1) is 5.92 Å². The maximum absolute atomic E-state index is 13.6. The fourth-order valence-corrected chi connectivity index (χ4v) is 9.17. The van der Waals surface area contributed by atoms with Gasteiger partial charge in [-0.15, -0.1) is 0 Å². The average Bonchev–Trinajstić information content (AvgIpc) is 3.14. The number of alkyl halides is 3. The topological polar surface area (TPSA) is 0 Å². The van der Waals surface area contributed by atoms with E-state index in [4.69, 9.17) is 0 Å². The van der Waals surface area contributed by atoms with Crippen LogP contribution >= 0.6 is 0 Å². The van der Waals surface area contributed by atoms with Crippen LogP contribution in [0, 0.1) is 52.2 Å². The van der Waals surface area contributed by atoms with Gasteiger partial charge in [0.2, 0.25) is 0 Å². The van der Waals surface area contributed by atoms with E-state index in [1.54, 1.807) is 6.07 Å². The second-order valence-electron chi connectivity index (χ2n) is 12.2. The summed E-state index contributed by atoms with van der Waals surface area (Å²) in [7, 11) is 0. The van der Waals surface area contributed by atoms with E-state index in [2.05, 4.69) is 13.8 Å². The number of fused-ring (bicyclic) bond motifs is 5. The predicted molar refractivity (Wildman–Crippen MR) is 131 cm³/mol. The third kappa shape index (κ3) is 4.57. The van der Waals surface area contributed by atoms with Gasteiger partial charge in [-0.25, -0.2) is 4.39 Å². The Balaban J connectivity index is 0.00000133. The van der Waals surface area contributed by atoms with E-state index in [0.717, 1.165) is 43.6 Å². The Labute approximate surface area is 204 Å². The van der Waals surface area contributed by atoms with Crippen molar-refractivity contribution in [3.8, 4) is 0 Å². The number of hydrogen-bond donors (Lipinski definition) is 0. The Morgan fingerprint density at radius 1 is 0.882 bits per heavy atom. The van der Waals surface area contributed by atoms with Crippen LogP contribution in [0.2, 0.25) is 0 Å². The predicted octanol–water partition coefficient (Wildman–Crippen LogP) is 9.62. The molecule has 4 saturated carbocycles. The molecule has 4 heteroatoms. The summed E-state index contributed by atoms with van der Waals surface area (Å²) in [5.41, 5.74) is 1.55. The van der Waals surface area contributed by atoms with Crippen molar-refractivity contribution in [3.05, 3.63) is 35.6 Å². The van der Waals surface area contributed by atoms with Gasteiger partial charge in [0, 0.05) is 0 Å². The van der Waals surface area contributed by atoms with Gasteiger partial charge < -0.3 is 0 Å². The number of benzene rings is 1. The molecule has 8 atom stereocenters. The second-order valence-corrected chi connectivity index (χ2v) is 12.2. The number of aryl methyl sites for hydroxylation is 1. The molecule has 4 aliphatic rings. The minimum atomic E-state index is -4.02. The standard InChI is InChI=1S/C28H38F4.C2H6/c1-26-15-13-25-23(10-8-20-17-21(28(30,31)32)12-14-27(20,25)2)24(26)11-9-19(26)7-6-18-4-3-5-22(29)16-18;1-2/h3-5,16,19-21,23-25H,6-15,17H2,1-2H3;1-2H3. The van der Waals surface area contributed by atoms with Crippen molar-refractivity contribution >= 4 is 0 Å². The Kier molecular flexibility index (Phi) is 7.48. The van der Waals surface area contributed by atoms with Gasteiger partial charge in [0.1, 0.15) is 5.82 Å². The molecule has 4 fully saturated rings. The van der Waals surface area contributed by atoms with Crippen molar-refractivity contribution in [2.45, 2.75) is 105 Å². The number of hydrogen-bond acceptors (Lipinski definition) is 0. The first kappa shape index (κ1) is 26.0. The summed E-state index contributed by atoms with van der Waals surface area (Å²) in [6.45, 7) is 8.85. The Morgan fingerprint density at radius 3 is 2.29 bits per heavy atom. The fourth-order valence-electron chi connectivity index (χ4n) is 9.17. The zero-order valence-electron chi connectivity index (χ0n) is 21.6. The highest BCUT2D eigenvalue weighted by atomic mass is 19.4. The third-order valence-corrected chi connectivity index (χ3v) is 11.0. The highest BCUT2D eigenvalue weighted by Crippen LogP contribution is 2.68. The van der Waals surface area contributed by atoms with E-state index in [0.29, 0.717) is 36.0 Å². The van der Waals surface area contributed by atoms with Crippen LogP contribution in [0.25, 0.3) is 0 Å². The van der Waals surface area contributed by atoms with Crippen LogP contribution in [0.4, 0.5) is 17.6 Å². The van der Waals surface area contributed by atoms with Crippen LogP contribution < -0.4 is 0 Å². The molecule has 1 aromatic carbocycles.